The molecular weight excluding hydrogens is 316 g/mol. The van der Waals surface area contributed by atoms with Gasteiger partial charge < -0.3 is 4.90 Å². The smallest absolute Gasteiger partial charge is 0.253 e. The number of hydrogen-bond donors (Lipinski definition) is 0. The first kappa shape index (κ1) is 17.8. The monoisotopic (exact) mass is 344 g/mol. The molecule has 25 heavy (non-hydrogen) atoms. The largest absolute Gasteiger partial charge is 0.301 e. The summed E-state index contributed by atoms with van der Waals surface area (Å²) in [7, 11) is 0. The molecule has 1 aliphatic heterocycles. The van der Waals surface area contributed by atoms with Gasteiger partial charge in [0.2, 0.25) is 0 Å². The van der Waals surface area contributed by atoms with Gasteiger partial charge in [-0.1, -0.05) is 26.0 Å². The van der Waals surface area contributed by atoms with E-state index in [4.69, 9.17) is 0 Å². The first-order chi connectivity index (χ1) is 11.9. The molecule has 1 fully saturated rings. The fraction of sp³-hybridized carbons (Fsp3) is 0.667. The summed E-state index contributed by atoms with van der Waals surface area (Å²) >= 11 is 0. The van der Waals surface area contributed by atoms with Crippen LogP contribution in [0.25, 0.3) is 0 Å². The highest BCUT2D eigenvalue weighted by molar-refractivity contribution is 5.10. The van der Waals surface area contributed by atoms with Crippen LogP contribution in [0.3, 0.4) is 0 Å². The molecule has 1 aliphatic rings. The van der Waals surface area contributed by atoms with Crippen LogP contribution >= 0.6 is 0 Å². The van der Waals surface area contributed by atoms with Crippen molar-refractivity contribution >= 4 is 0 Å². The zero-order valence-electron chi connectivity index (χ0n) is 15.4. The Labute approximate surface area is 148 Å². The Balaban J connectivity index is 1.49. The molecule has 0 radical (unpaired) electrons. The highest BCUT2D eigenvalue weighted by Crippen LogP contribution is 2.20. The molecule has 136 valence electrons. The maximum absolute atomic E-state index is 12.4. The van der Waals surface area contributed by atoms with E-state index in [0.717, 1.165) is 51.3 Å². The van der Waals surface area contributed by atoms with Crippen molar-refractivity contribution < 1.29 is 0 Å². The fourth-order valence-corrected chi connectivity index (χ4v) is 3.24. The third-order valence-corrected chi connectivity index (χ3v) is 4.93. The standard InChI is InChI=1S/C18H28N6O/c1-18(2,3)16-12-17(25)23(14-19-16)13-15-4-7-22(8-5-15)10-11-24-9-6-20-21-24/h6,9,12,14-15H,4-5,7-8,10-11,13H2,1-3H3. The number of rotatable bonds is 5. The second kappa shape index (κ2) is 7.47. The minimum absolute atomic E-state index is 0.0635. The van der Waals surface area contributed by atoms with Gasteiger partial charge in [0, 0.05) is 30.8 Å². The van der Waals surface area contributed by atoms with Gasteiger partial charge in [-0.05, 0) is 31.8 Å². The summed E-state index contributed by atoms with van der Waals surface area (Å²) < 4.78 is 3.64. The van der Waals surface area contributed by atoms with Gasteiger partial charge in [0.1, 0.15) is 0 Å². The van der Waals surface area contributed by atoms with Gasteiger partial charge in [0.25, 0.3) is 5.56 Å². The molecule has 0 aromatic carbocycles. The Morgan fingerprint density at radius 2 is 1.96 bits per heavy atom. The molecule has 0 unspecified atom stereocenters. The van der Waals surface area contributed by atoms with Crippen molar-refractivity contribution in [1.82, 2.24) is 29.4 Å². The lowest BCUT2D eigenvalue weighted by Crippen LogP contribution is -2.38. The molecule has 0 spiro atoms. The lowest BCUT2D eigenvalue weighted by Gasteiger charge is -2.32. The molecule has 1 saturated heterocycles. The van der Waals surface area contributed by atoms with Crippen LogP contribution in [0.2, 0.25) is 0 Å². The molecule has 0 aliphatic carbocycles. The van der Waals surface area contributed by atoms with E-state index >= 15 is 0 Å². The zero-order valence-corrected chi connectivity index (χ0v) is 15.4. The Morgan fingerprint density at radius 1 is 1.20 bits per heavy atom. The topological polar surface area (TPSA) is 68.8 Å². The average Bonchev–Trinajstić information content (AvgIpc) is 3.08. The zero-order chi connectivity index (χ0) is 17.9. The normalized spacial score (nSPS) is 17.1. The third kappa shape index (κ3) is 4.75. The highest BCUT2D eigenvalue weighted by Gasteiger charge is 2.21. The number of aromatic nitrogens is 5. The molecule has 0 N–H and O–H groups in total. The second-order valence-corrected chi connectivity index (χ2v) is 7.97. The lowest BCUT2D eigenvalue weighted by atomic mass is 9.92. The van der Waals surface area contributed by atoms with Crippen molar-refractivity contribution in [2.24, 2.45) is 5.92 Å². The van der Waals surface area contributed by atoms with Gasteiger partial charge in [-0.15, -0.1) is 5.10 Å². The molecule has 0 saturated carbocycles. The third-order valence-electron chi connectivity index (χ3n) is 4.93. The number of likely N-dealkylation sites (tertiary alicyclic amines) is 1. The molecule has 3 rings (SSSR count). The van der Waals surface area contributed by atoms with Gasteiger partial charge in [-0.25, -0.2) is 4.98 Å². The summed E-state index contributed by atoms with van der Waals surface area (Å²) in [6, 6.07) is 1.69. The Hall–Kier alpha value is -2.02. The van der Waals surface area contributed by atoms with Crippen LogP contribution in [0.15, 0.2) is 29.6 Å². The highest BCUT2D eigenvalue weighted by atomic mass is 16.1. The summed E-state index contributed by atoms with van der Waals surface area (Å²) in [5.74, 6) is 0.544. The summed E-state index contributed by atoms with van der Waals surface area (Å²) in [6.45, 7) is 11.0. The van der Waals surface area contributed by atoms with Crippen LogP contribution in [0.4, 0.5) is 0 Å². The summed E-state index contributed by atoms with van der Waals surface area (Å²) in [6.07, 6.45) is 7.56. The molecule has 7 heteroatoms. The molecule has 3 heterocycles. The first-order valence-electron chi connectivity index (χ1n) is 9.05. The van der Waals surface area contributed by atoms with E-state index in [1.165, 1.54) is 0 Å². The summed E-state index contributed by atoms with van der Waals surface area (Å²) in [5.41, 5.74) is 0.832. The number of nitrogens with zero attached hydrogens (tertiary/aromatic N) is 6. The van der Waals surface area contributed by atoms with E-state index in [1.54, 1.807) is 23.2 Å². The van der Waals surface area contributed by atoms with E-state index in [-0.39, 0.29) is 11.0 Å². The van der Waals surface area contributed by atoms with E-state index < -0.39 is 0 Å². The molecule has 2 aromatic heterocycles. The van der Waals surface area contributed by atoms with Crippen LogP contribution in [0.1, 0.15) is 39.3 Å². The van der Waals surface area contributed by atoms with E-state index in [9.17, 15) is 4.79 Å². The predicted octanol–water partition coefficient (Wildman–Crippen LogP) is 1.54. The van der Waals surface area contributed by atoms with Crippen LogP contribution in [-0.4, -0.2) is 49.1 Å². The van der Waals surface area contributed by atoms with E-state index in [0.29, 0.717) is 5.92 Å². The molecular formula is C18H28N6O. The minimum atomic E-state index is -0.0896. The van der Waals surface area contributed by atoms with Gasteiger partial charge in [0.15, 0.2) is 0 Å². The molecule has 0 atom stereocenters. The van der Waals surface area contributed by atoms with Gasteiger partial charge in [-0.3, -0.25) is 14.0 Å². The molecule has 0 bridgehead atoms. The Morgan fingerprint density at radius 3 is 2.56 bits per heavy atom. The summed E-state index contributed by atoms with van der Waals surface area (Å²) in [4.78, 5) is 19.3. The lowest BCUT2D eigenvalue weighted by molar-refractivity contribution is 0.166. The quantitative estimate of drug-likeness (QED) is 0.823. The maximum Gasteiger partial charge on any atom is 0.253 e. The van der Waals surface area contributed by atoms with Crippen molar-refractivity contribution in [3.05, 3.63) is 40.8 Å². The summed E-state index contributed by atoms with van der Waals surface area (Å²) in [5, 5.41) is 7.83. The van der Waals surface area contributed by atoms with Crippen molar-refractivity contribution in [3.63, 3.8) is 0 Å². The van der Waals surface area contributed by atoms with Gasteiger partial charge >= 0.3 is 0 Å². The Kier molecular flexibility index (Phi) is 5.32. The predicted molar refractivity (Wildman–Crippen MR) is 96.4 cm³/mol. The molecule has 7 nitrogen and oxygen atoms in total. The van der Waals surface area contributed by atoms with Crippen LogP contribution < -0.4 is 5.56 Å². The second-order valence-electron chi connectivity index (χ2n) is 7.97. The van der Waals surface area contributed by atoms with Crippen molar-refractivity contribution in [3.8, 4) is 0 Å². The van der Waals surface area contributed by atoms with Crippen LogP contribution in [0.5, 0.6) is 0 Å². The average molecular weight is 344 g/mol. The van der Waals surface area contributed by atoms with E-state index in [2.05, 4.69) is 41.0 Å². The molecule has 0 amide bonds. The van der Waals surface area contributed by atoms with Gasteiger partial charge in [0.05, 0.1) is 24.8 Å². The fourth-order valence-electron chi connectivity index (χ4n) is 3.24. The van der Waals surface area contributed by atoms with Crippen molar-refractivity contribution in [1.29, 1.82) is 0 Å². The first-order valence-corrected chi connectivity index (χ1v) is 9.05. The number of piperidine rings is 1. The molecule has 2 aromatic rings. The van der Waals surface area contributed by atoms with Crippen molar-refractivity contribution in [2.45, 2.75) is 52.1 Å². The van der Waals surface area contributed by atoms with Crippen LogP contribution in [0, 0.1) is 5.92 Å². The number of hydrogen-bond acceptors (Lipinski definition) is 5. The minimum Gasteiger partial charge on any atom is -0.301 e. The SMILES string of the molecule is CC(C)(C)c1cc(=O)n(CC2CCN(CCn3ccnn3)CC2)cn1. The van der Waals surface area contributed by atoms with Crippen molar-refractivity contribution in [2.75, 3.05) is 19.6 Å². The van der Waals surface area contributed by atoms with E-state index in [1.807, 2.05) is 10.9 Å². The maximum atomic E-state index is 12.4. The van der Waals surface area contributed by atoms with Gasteiger partial charge in [-0.2, -0.15) is 0 Å². The van der Waals surface area contributed by atoms with Crippen LogP contribution in [-0.2, 0) is 18.5 Å². The Bertz CT molecular complexity index is 723.